The van der Waals surface area contributed by atoms with Gasteiger partial charge in [-0.3, -0.25) is 25.4 Å². The van der Waals surface area contributed by atoms with E-state index in [0.717, 1.165) is 19.3 Å². The normalized spacial score (nSPS) is 42.3. The van der Waals surface area contributed by atoms with Crippen molar-refractivity contribution in [3.8, 4) is 0 Å². The van der Waals surface area contributed by atoms with Gasteiger partial charge in [0.25, 0.3) is 0 Å². The van der Waals surface area contributed by atoms with Gasteiger partial charge in [0.05, 0.1) is 18.2 Å². The molecule has 2 saturated carbocycles. The zero-order valence-corrected chi connectivity index (χ0v) is 19.9. The topological polar surface area (TPSA) is 98.8 Å². The van der Waals surface area contributed by atoms with Crippen molar-refractivity contribution in [2.75, 3.05) is 13.1 Å². The first-order valence-electron chi connectivity index (χ1n) is 12.3. The number of carbonyl (C=O) groups excluding carboxylic acids is 1. The summed E-state index contributed by atoms with van der Waals surface area (Å²) >= 11 is 6.38. The Morgan fingerprint density at radius 3 is 2.55 bits per heavy atom. The lowest BCUT2D eigenvalue weighted by Gasteiger charge is -2.29. The van der Waals surface area contributed by atoms with Crippen molar-refractivity contribution in [3.63, 3.8) is 0 Å². The van der Waals surface area contributed by atoms with Crippen LogP contribution in [0.5, 0.6) is 0 Å². The van der Waals surface area contributed by atoms with Gasteiger partial charge in [-0.1, -0.05) is 0 Å². The summed E-state index contributed by atoms with van der Waals surface area (Å²) in [5, 5.41) is 5.98. The largest absolute Gasteiger partial charge is 0.339 e. The highest BCUT2D eigenvalue weighted by atomic mass is 35.5. The third kappa shape index (κ3) is 6.75. The van der Waals surface area contributed by atoms with Gasteiger partial charge in [-0.2, -0.15) is 0 Å². The Kier molecular flexibility index (Phi) is 8.78. The molecule has 2 aliphatic heterocycles. The molecule has 5 N–H and O–H groups in total. The average molecular weight is 491 g/mol. The lowest BCUT2D eigenvalue weighted by Crippen LogP contribution is -2.52. The molecule has 2 heterocycles. The van der Waals surface area contributed by atoms with Crippen LogP contribution in [0.3, 0.4) is 0 Å². The first kappa shape index (κ1) is 25.0. The number of hydroxylamine groups is 1. The smallest absolute Gasteiger partial charge is 0.233 e. The van der Waals surface area contributed by atoms with Gasteiger partial charge in [0, 0.05) is 24.5 Å². The van der Waals surface area contributed by atoms with Crippen LogP contribution in [0.1, 0.15) is 58.3 Å². The maximum absolute atomic E-state index is 13.6. The number of halogens is 3. The molecule has 4 fully saturated rings. The molecular formula is C22H37ClF2N6O2. The van der Waals surface area contributed by atoms with E-state index in [1.54, 1.807) is 0 Å². The quantitative estimate of drug-likeness (QED) is 0.230. The van der Waals surface area contributed by atoms with Crippen LogP contribution in [0.4, 0.5) is 8.78 Å². The maximum atomic E-state index is 13.6. The number of guanidine groups is 1. The van der Waals surface area contributed by atoms with Crippen molar-refractivity contribution in [3.05, 3.63) is 0 Å². The van der Waals surface area contributed by atoms with Crippen LogP contribution in [0.25, 0.3) is 0 Å². The van der Waals surface area contributed by atoms with Crippen molar-refractivity contribution in [2.45, 2.75) is 94.3 Å². The number of aliphatic imine (C=N–C) groups is 1. The van der Waals surface area contributed by atoms with E-state index >= 15 is 0 Å². The van der Waals surface area contributed by atoms with Crippen LogP contribution < -0.4 is 27.0 Å². The molecule has 11 heteroatoms. The number of hydrogen-bond acceptors (Lipinski definition) is 6. The summed E-state index contributed by atoms with van der Waals surface area (Å²) < 4.78 is 27.1. The molecule has 0 radical (unpaired) electrons. The highest BCUT2D eigenvalue weighted by molar-refractivity contribution is 6.20. The van der Waals surface area contributed by atoms with E-state index in [-0.39, 0.29) is 41.4 Å². The third-order valence-electron chi connectivity index (χ3n) is 7.56. The number of rotatable bonds is 5. The van der Waals surface area contributed by atoms with Crippen molar-refractivity contribution in [1.29, 1.82) is 0 Å². The summed E-state index contributed by atoms with van der Waals surface area (Å²) in [5.41, 5.74) is 9.35. The monoisotopic (exact) mass is 490 g/mol. The molecule has 0 aromatic carbocycles. The first-order chi connectivity index (χ1) is 15.9. The highest BCUT2D eigenvalue weighted by Gasteiger charge is 2.35. The first-order valence-corrected chi connectivity index (χ1v) is 12.8. The fourth-order valence-corrected chi connectivity index (χ4v) is 5.73. The molecule has 1 amide bonds. The molecule has 0 aromatic heterocycles. The molecule has 0 aromatic rings. The van der Waals surface area contributed by atoms with Gasteiger partial charge >= 0.3 is 0 Å². The Morgan fingerprint density at radius 1 is 1.09 bits per heavy atom. The molecule has 188 valence electrons. The van der Waals surface area contributed by atoms with Crippen LogP contribution in [0.2, 0.25) is 0 Å². The van der Waals surface area contributed by atoms with Crippen molar-refractivity contribution < 1.29 is 18.4 Å². The SMILES string of the molecule is CC1ONCC1C(=O)NC(=NCC1CCC(F)CC1Cl)NC1CC(C2CCC(F)CC2)NN1. The van der Waals surface area contributed by atoms with Crippen LogP contribution in [0, 0.1) is 17.8 Å². The van der Waals surface area contributed by atoms with Crippen LogP contribution in [-0.4, -0.2) is 61.0 Å². The van der Waals surface area contributed by atoms with E-state index in [0.29, 0.717) is 57.1 Å². The summed E-state index contributed by atoms with van der Waals surface area (Å²) in [5.74, 6) is 0.399. The van der Waals surface area contributed by atoms with E-state index in [1.807, 2.05) is 6.92 Å². The minimum Gasteiger partial charge on any atom is -0.339 e. The molecule has 2 aliphatic carbocycles. The van der Waals surface area contributed by atoms with Gasteiger partial charge in [0.2, 0.25) is 5.91 Å². The number of nitrogens with zero attached hydrogens (tertiary/aromatic N) is 1. The molecular weight excluding hydrogens is 454 g/mol. The molecule has 33 heavy (non-hydrogen) atoms. The molecule has 8 nitrogen and oxygen atoms in total. The van der Waals surface area contributed by atoms with Gasteiger partial charge in [-0.15, -0.1) is 11.6 Å². The number of amides is 1. The van der Waals surface area contributed by atoms with Crippen LogP contribution in [-0.2, 0) is 9.63 Å². The van der Waals surface area contributed by atoms with Crippen LogP contribution in [0.15, 0.2) is 4.99 Å². The molecule has 0 spiro atoms. The maximum Gasteiger partial charge on any atom is 0.233 e. The molecule has 4 rings (SSSR count). The summed E-state index contributed by atoms with van der Waals surface area (Å²) in [7, 11) is 0. The van der Waals surface area contributed by atoms with E-state index in [9.17, 15) is 13.6 Å². The zero-order valence-electron chi connectivity index (χ0n) is 19.2. The molecule has 7 atom stereocenters. The fraction of sp³-hybridized carbons (Fsp3) is 0.909. The van der Waals surface area contributed by atoms with Gasteiger partial charge in [-0.25, -0.2) is 19.7 Å². The lowest BCUT2D eigenvalue weighted by atomic mass is 9.82. The van der Waals surface area contributed by atoms with Gasteiger partial charge in [-0.05, 0) is 70.1 Å². The molecule has 4 aliphatic rings. The molecule has 2 saturated heterocycles. The summed E-state index contributed by atoms with van der Waals surface area (Å²) in [6.07, 6.45) is 3.45. The summed E-state index contributed by atoms with van der Waals surface area (Å²) in [4.78, 5) is 22.8. The predicted molar refractivity (Wildman–Crippen MR) is 123 cm³/mol. The Morgan fingerprint density at radius 2 is 1.85 bits per heavy atom. The van der Waals surface area contributed by atoms with Crippen LogP contribution >= 0.6 is 11.6 Å². The Balaban J connectivity index is 1.36. The fourth-order valence-electron chi connectivity index (χ4n) is 5.33. The number of hydrazine groups is 1. The third-order valence-corrected chi connectivity index (χ3v) is 8.09. The van der Waals surface area contributed by atoms with Gasteiger partial charge in [0.15, 0.2) is 5.96 Å². The predicted octanol–water partition coefficient (Wildman–Crippen LogP) is 2.05. The Hall–Kier alpha value is -1.07. The molecule has 7 unspecified atom stereocenters. The molecule has 0 bridgehead atoms. The van der Waals surface area contributed by atoms with Crippen molar-refractivity contribution in [2.24, 2.45) is 22.7 Å². The average Bonchev–Trinajstić information content (AvgIpc) is 3.42. The van der Waals surface area contributed by atoms with Gasteiger partial charge < -0.3 is 5.32 Å². The van der Waals surface area contributed by atoms with E-state index < -0.39 is 12.3 Å². The second-order valence-corrected chi connectivity index (χ2v) is 10.5. The minimum absolute atomic E-state index is 0.0704. The number of carbonyl (C=O) groups is 1. The van der Waals surface area contributed by atoms with E-state index in [2.05, 4.69) is 32.0 Å². The van der Waals surface area contributed by atoms with E-state index in [4.69, 9.17) is 16.4 Å². The van der Waals surface area contributed by atoms with E-state index in [1.165, 1.54) is 0 Å². The Bertz CT molecular complexity index is 696. The highest BCUT2D eigenvalue weighted by Crippen LogP contribution is 2.32. The lowest BCUT2D eigenvalue weighted by molar-refractivity contribution is -0.124. The number of nitrogens with one attached hydrogen (secondary N) is 5. The zero-order chi connectivity index (χ0) is 23.4. The second kappa shape index (κ2) is 11.6. The number of hydrogen-bond donors (Lipinski definition) is 5. The standard InChI is InChI=1S/C22H37ClF2N6O2/c1-12-17(11-27-33-12)21(32)29-22(26-10-14-4-7-16(25)8-18(14)23)28-20-9-19(30-31-20)13-2-5-15(24)6-3-13/h12-20,27,30-31H,2-11H2,1H3,(H2,26,28,29,32). The Labute approximate surface area is 199 Å². The van der Waals surface area contributed by atoms with Crippen molar-refractivity contribution >= 4 is 23.5 Å². The summed E-state index contributed by atoms with van der Waals surface area (Å²) in [6, 6.07) is 0.242. The van der Waals surface area contributed by atoms with Gasteiger partial charge in [0.1, 0.15) is 12.3 Å². The second-order valence-electron chi connectivity index (χ2n) is 9.98. The minimum atomic E-state index is -0.848. The van der Waals surface area contributed by atoms with Crippen molar-refractivity contribution in [1.82, 2.24) is 27.0 Å². The number of alkyl halides is 3. The summed E-state index contributed by atoms with van der Waals surface area (Å²) in [6.45, 7) is 2.71.